The highest BCUT2D eigenvalue weighted by atomic mass is 16.5. The van der Waals surface area contributed by atoms with E-state index in [-0.39, 0.29) is 5.97 Å². The first-order valence-corrected chi connectivity index (χ1v) is 6.96. The van der Waals surface area contributed by atoms with Gasteiger partial charge in [-0.05, 0) is 39.7 Å². The molecule has 0 fully saturated rings. The van der Waals surface area contributed by atoms with E-state index in [0.717, 1.165) is 11.1 Å². The second-order valence-electron chi connectivity index (χ2n) is 5.91. The minimum absolute atomic E-state index is 0.300. The molecule has 1 aromatic rings. The van der Waals surface area contributed by atoms with Crippen molar-refractivity contribution in [2.75, 3.05) is 13.7 Å². The van der Waals surface area contributed by atoms with E-state index in [0.29, 0.717) is 13.0 Å². The third-order valence-corrected chi connectivity index (χ3v) is 3.63. The number of nitriles is 1. The number of hydrogen-bond donors (Lipinski definition) is 0. The Morgan fingerprint density at radius 2 is 2.00 bits per heavy atom. The zero-order valence-electron chi connectivity index (χ0n) is 13.4. The van der Waals surface area contributed by atoms with Crippen molar-refractivity contribution in [3.63, 3.8) is 0 Å². The Bertz CT molecular complexity index is 545. The zero-order valence-corrected chi connectivity index (χ0v) is 13.4. The lowest BCUT2D eigenvalue weighted by Gasteiger charge is -2.28. The monoisotopic (exact) mass is 289 g/mol. The van der Waals surface area contributed by atoms with Crippen molar-refractivity contribution < 1.29 is 14.3 Å². The van der Waals surface area contributed by atoms with Gasteiger partial charge in [-0.15, -0.1) is 0 Å². The summed E-state index contributed by atoms with van der Waals surface area (Å²) >= 11 is 0. The number of nitrogens with zero attached hydrogens (tertiary/aromatic N) is 1. The molecule has 0 bridgehead atoms. The fourth-order valence-electron chi connectivity index (χ4n) is 2.12. The van der Waals surface area contributed by atoms with Crippen LogP contribution in [0.5, 0.6) is 0 Å². The van der Waals surface area contributed by atoms with Gasteiger partial charge >= 0.3 is 5.97 Å². The Labute approximate surface area is 126 Å². The number of carbonyl (C=O) groups is 1. The SMILES string of the molecule is COC(=O)C(C)(CCOC(C)(C)C#N)c1cccc(C)c1. The van der Waals surface area contributed by atoms with Crippen LogP contribution in [-0.4, -0.2) is 25.3 Å². The number of esters is 1. The molecule has 4 nitrogen and oxygen atoms in total. The van der Waals surface area contributed by atoms with Crippen LogP contribution < -0.4 is 0 Å². The van der Waals surface area contributed by atoms with E-state index in [9.17, 15) is 4.79 Å². The zero-order chi connectivity index (χ0) is 16.1. The van der Waals surface area contributed by atoms with E-state index in [1.807, 2.05) is 38.1 Å². The number of hydrogen-bond acceptors (Lipinski definition) is 4. The molecule has 0 spiro atoms. The molecule has 1 unspecified atom stereocenters. The average Bonchev–Trinajstić information content (AvgIpc) is 2.46. The van der Waals surface area contributed by atoms with Gasteiger partial charge in [0, 0.05) is 0 Å². The third kappa shape index (κ3) is 4.30. The minimum atomic E-state index is -0.858. The fraction of sp³-hybridized carbons (Fsp3) is 0.529. The van der Waals surface area contributed by atoms with Crippen LogP contribution >= 0.6 is 0 Å². The van der Waals surface area contributed by atoms with E-state index < -0.39 is 11.0 Å². The molecule has 1 aromatic carbocycles. The van der Waals surface area contributed by atoms with Gasteiger partial charge in [0.2, 0.25) is 0 Å². The fourth-order valence-corrected chi connectivity index (χ4v) is 2.12. The topological polar surface area (TPSA) is 59.3 Å². The van der Waals surface area contributed by atoms with Crippen molar-refractivity contribution in [3.8, 4) is 6.07 Å². The summed E-state index contributed by atoms with van der Waals surface area (Å²) in [5.41, 5.74) is 0.337. The molecule has 21 heavy (non-hydrogen) atoms. The normalized spacial score (nSPS) is 14.1. The van der Waals surface area contributed by atoms with Crippen molar-refractivity contribution in [1.82, 2.24) is 0 Å². The largest absolute Gasteiger partial charge is 0.468 e. The second-order valence-corrected chi connectivity index (χ2v) is 5.91. The van der Waals surface area contributed by atoms with Crippen LogP contribution in [0.4, 0.5) is 0 Å². The van der Waals surface area contributed by atoms with Crippen molar-refractivity contribution in [2.24, 2.45) is 0 Å². The number of rotatable bonds is 6. The summed E-state index contributed by atoms with van der Waals surface area (Å²) in [6.45, 7) is 7.54. The summed E-state index contributed by atoms with van der Waals surface area (Å²) in [5.74, 6) is -0.300. The van der Waals surface area contributed by atoms with Gasteiger partial charge in [-0.2, -0.15) is 5.26 Å². The van der Waals surface area contributed by atoms with Gasteiger partial charge in [0.15, 0.2) is 0 Å². The number of ether oxygens (including phenoxy) is 2. The minimum Gasteiger partial charge on any atom is -0.468 e. The van der Waals surface area contributed by atoms with E-state index >= 15 is 0 Å². The standard InChI is InChI=1S/C17H23NO3/c1-13-7-6-8-14(11-13)17(4,15(19)20-5)9-10-21-16(2,3)12-18/h6-8,11H,9-10H2,1-5H3. The van der Waals surface area contributed by atoms with E-state index in [2.05, 4.69) is 6.07 Å². The van der Waals surface area contributed by atoms with Crippen LogP contribution in [0, 0.1) is 18.3 Å². The Morgan fingerprint density at radius 3 is 2.52 bits per heavy atom. The Morgan fingerprint density at radius 1 is 1.33 bits per heavy atom. The third-order valence-electron chi connectivity index (χ3n) is 3.63. The van der Waals surface area contributed by atoms with Gasteiger partial charge in [-0.25, -0.2) is 0 Å². The molecule has 0 amide bonds. The van der Waals surface area contributed by atoms with Crippen molar-refractivity contribution in [2.45, 2.75) is 45.1 Å². The summed E-state index contributed by atoms with van der Waals surface area (Å²) in [6.07, 6.45) is 0.453. The van der Waals surface area contributed by atoms with E-state index in [1.165, 1.54) is 7.11 Å². The average molecular weight is 289 g/mol. The number of methoxy groups -OCH3 is 1. The molecule has 0 aliphatic rings. The summed E-state index contributed by atoms with van der Waals surface area (Å²) in [7, 11) is 1.39. The summed E-state index contributed by atoms with van der Waals surface area (Å²) in [4.78, 5) is 12.2. The first-order chi connectivity index (χ1) is 9.75. The van der Waals surface area contributed by atoms with Crippen molar-refractivity contribution in [3.05, 3.63) is 35.4 Å². The molecule has 0 radical (unpaired) electrons. The van der Waals surface area contributed by atoms with Crippen LogP contribution in [-0.2, 0) is 19.7 Å². The molecule has 0 aliphatic heterocycles. The van der Waals surface area contributed by atoms with Crippen LogP contribution in [0.15, 0.2) is 24.3 Å². The predicted octanol–water partition coefficient (Wildman–Crippen LogP) is 3.13. The molecular formula is C17H23NO3. The van der Waals surface area contributed by atoms with Gasteiger partial charge in [-0.1, -0.05) is 29.8 Å². The lowest BCUT2D eigenvalue weighted by Crippen LogP contribution is -2.36. The van der Waals surface area contributed by atoms with Crippen LogP contribution in [0.1, 0.15) is 38.3 Å². The van der Waals surface area contributed by atoms with Crippen LogP contribution in [0.3, 0.4) is 0 Å². The summed E-state index contributed by atoms with van der Waals surface area (Å²) in [6, 6.07) is 9.88. The highest BCUT2D eigenvalue weighted by molar-refractivity contribution is 5.82. The van der Waals surface area contributed by atoms with Crippen LogP contribution in [0.25, 0.3) is 0 Å². The molecule has 1 rings (SSSR count). The number of benzene rings is 1. The van der Waals surface area contributed by atoms with Gasteiger partial charge in [0.25, 0.3) is 0 Å². The van der Waals surface area contributed by atoms with Crippen molar-refractivity contribution in [1.29, 1.82) is 5.26 Å². The Kier molecular flexibility index (Phi) is 5.51. The maximum Gasteiger partial charge on any atom is 0.316 e. The second kappa shape index (κ2) is 6.73. The smallest absolute Gasteiger partial charge is 0.316 e. The summed E-state index contributed by atoms with van der Waals surface area (Å²) in [5, 5.41) is 8.97. The first-order valence-electron chi connectivity index (χ1n) is 6.96. The lowest BCUT2D eigenvalue weighted by atomic mass is 9.79. The highest BCUT2D eigenvalue weighted by Crippen LogP contribution is 2.30. The predicted molar refractivity (Wildman–Crippen MR) is 80.8 cm³/mol. The highest BCUT2D eigenvalue weighted by Gasteiger charge is 2.36. The Balaban J connectivity index is 2.96. The van der Waals surface area contributed by atoms with Gasteiger partial charge < -0.3 is 9.47 Å². The van der Waals surface area contributed by atoms with Gasteiger partial charge in [0.1, 0.15) is 5.60 Å². The molecule has 1 atom stereocenters. The molecular weight excluding hydrogens is 266 g/mol. The van der Waals surface area contributed by atoms with Crippen molar-refractivity contribution >= 4 is 5.97 Å². The summed E-state index contributed by atoms with van der Waals surface area (Å²) < 4.78 is 10.5. The van der Waals surface area contributed by atoms with Crippen LogP contribution in [0.2, 0.25) is 0 Å². The number of aryl methyl sites for hydroxylation is 1. The molecule has 0 N–H and O–H groups in total. The maximum atomic E-state index is 12.2. The molecule has 4 heteroatoms. The molecule has 0 aliphatic carbocycles. The number of carbonyl (C=O) groups excluding carboxylic acids is 1. The van der Waals surface area contributed by atoms with E-state index in [4.69, 9.17) is 14.7 Å². The van der Waals surface area contributed by atoms with E-state index in [1.54, 1.807) is 13.8 Å². The lowest BCUT2D eigenvalue weighted by molar-refractivity contribution is -0.148. The molecule has 0 heterocycles. The van der Waals surface area contributed by atoms with Gasteiger partial charge in [0.05, 0.1) is 25.2 Å². The molecule has 114 valence electrons. The maximum absolute atomic E-state index is 12.2. The first kappa shape index (κ1) is 17.2. The molecule has 0 aromatic heterocycles. The van der Waals surface area contributed by atoms with Gasteiger partial charge in [-0.3, -0.25) is 4.79 Å². The molecule has 0 saturated carbocycles. The quantitative estimate of drug-likeness (QED) is 0.755. The molecule has 0 saturated heterocycles. The Hall–Kier alpha value is -1.86.